The van der Waals surface area contributed by atoms with Gasteiger partial charge in [0.2, 0.25) is 0 Å². The Balaban J connectivity index is 0.948. The summed E-state index contributed by atoms with van der Waals surface area (Å²) in [5.74, 6) is 0.735. The highest BCUT2D eigenvalue weighted by molar-refractivity contribution is 6.22. The van der Waals surface area contributed by atoms with Gasteiger partial charge >= 0.3 is 0 Å². The molecule has 2 nitrogen and oxygen atoms in total. The third-order valence-corrected chi connectivity index (χ3v) is 21.6. The van der Waals surface area contributed by atoms with E-state index in [1.165, 1.54) is 133 Å². The Hall–Kier alpha value is -9.08. The molecule has 0 aromatic heterocycles. The van der Waals surface area contributed by atoms with E-state index in [-0.39, 0.29) is 28.2 Å². The molecular formula is C85H76N2. The van der Waals surface area contributed by atoms with Crippen LogP contribution in [-0.2, 0) is 10.8 Å². The number of fused-ring (bicyclic) bond motifs is 15. The summed E-state index contributed by atoms with van der Waals surface area (Å²) in [6, 6.07) is 97.1. The topological polar surface area (TPSA) is 29.3 Å². The van der Waals surface area contributed by atoms with Gasteiger partial charge in [0.05, 0.1) is 11.1 Å². The van der Waals surface area contributed by atoms with Crippen LogP contribution in [0.4, 0.5) is 17.1 Å². The zero-order valence-corrected chi connectivity index (χ0v) is 51.7. The first-order chi connectivity index (χ1) is 42.1. The van der Waals surface area contributed by atoms with Gasteiger partial charge in [-0.2, -0.15) is 0 Å². The van der Waals surface area contributed by atoms with E-state index >= 15 is 0 Å². The van der Waals surface area contributed by atoms with Gasteiger partial charge in [0.15, 0.2) is 0 Å². The fourth-order valence-corrected chi connectivity index (χ4v) is 15.7. The fraction of sp³-hybridized carbons (Fsp3) is 0.200. The van der Waals surface area contributed by atoms with E-state index in [0.717, 1.165) is 17.8 Å². The molecule has 0 fully saturated rings. The first-order valence-electron chi connectivity index (χ1n) is 31.6. The minimum atomic E-state index is -0.585. The highest BCUT2D eigenvalue weighted by Crippen LogP contribution is 2.64. The van der Waals surface area contributed by atoms with Crippen LogP contribution in [0, 0.1) is 16.7 Å². The number of anilines is 3. The second-order valence-electron chi connectivity index (χ2n) is 27.4. The second-order valence-corrected chi connectivity index (χ2v) is 27.4. The molecule has 3 atom stereocenters. The summed E-state index contributed by atoms with van der Waals surface area (Å²) in [5.41, 5.74) is 34.2. The van der Waals surface area contributed by atoms with Gasteiger partial charge in [-0.25, -0.2) is 0 Å². The SMILES string of the molecule is CC(C)C(C)(C)CC(c1ccccc1-c1ccc2c(c1)C1(c3ccccc3-2)c2ccccc2-c2ccc(-c3c4ccccc4c(N(c4ccc(-c5ccccc5)cc4)c4ccc5c(c4)C(C)(C)c4ccccc4-5)c4ccccc34)cc21)C(C)(C)C(C)N. The van der Waals surface area contributed by atoms with Crippen molar-refractivity contribution in [1.82, 2.24) is 0 Å². The third kappa shape index (κ3) is 8.24. The molecule has 15 rings (SSSR count). The summed E-state index contributed by atoms with van der Waals surface area (Å²) in [7, 11) is 0. The Morgan fingerprint density at radius 2 is 0.805 bits per heavy atom. The summed E-state index contributed by atoms with van der Waals surface area (Å²) < 4.78 is 0. The molecule has 426 valence electrons. The highest BCUT2D eigenvalue weighted by Gasteiger charge is 2.52. The monoisotopic (exact) mass is 1120 g/mol. The standard InChI is InChI=1S/C85H76N2/c1-53(2)82(4,5)52-79(83(6,7)54(3)86)62-28-14-13-27-61(62)57-41-46-67-64-30-20-23-37-74(64)85(77(67)49-57)75-38-24-21-31-65(75)68-47-42-58(50-78(68)85)80-69-32-15-17-34-71(69)81(72-35-18-16-33-70(72)80)87(59-43-39-56(40-44-59)55-25-11-10-12-26-55)60-45-48-66-63-29-19-22-36-73(63)84(8,9)76(66)51-60/h10-51,53-54,79H,52,86H2,1-9H3. The van der Waals surface area contributed by atoms with Crippen LogP contribution in [0.15, 0.2) is 255 Å². The zero-order chi connectivity index (χ0) is 59.7. The Bertz CT molecular complexity index is 4640. The number of hydrogen-bond acceptors (Lipinski definition) is 2. The lowest BCUT2D eigenvalue weighted by Crippen LogP contribution is -2.41. The Kier molecular flexibility index (Phi) is 12.7. The molecule has 0 bridgehead atoms. The van der Waals surface area contributed by atoms with E-state index in [1.807, 2.05) is 0 Å². The number of hydrogen-bond donors (Lipinski definition) is 1. The molecule has 0 saturated heterocycles. The number of nitrogens with two attached hydrogens (primary N) is 1. The molecule has 0 aliphatic heterocycles. The lowest BCUT2D eigenvalue weighted by atomic mass is 9.62. The predicted octanol–water partition coefficient (Wildman–Crippen LogP) is 22.6. The van der Waals surface area contributed by atoms with Crippen LogP contribution in [0.1, 0.15) is 114 Å². The molecule has 3 unspecified atom stereocenters. The Labute approximate surface area is 515 Å². The van der Waals surface area contributed by atoms with Gasteiger partial charge in [-0.3, -0.25) is 0 Å². The number of nitrogens with zero attached hydrogens (tertiary/aromatic N) is 1. The third-order valence-electron chi connectivity index (χ3n) is 21.6. The van der Waals surface area contributed by atoms with Crippen molar-refractivity contribution >= 4 is 38.6 Å². The highest BCUT2D eigenvalue weighted by atomic mass is 15.1. The zero-order valence-electron chi connectivity index (χ0n) is 51.7. The maximum absolute atomic E-state index is 7.02. The molecule has 2 N–H and O–H groups in total. The van der Waals surface area contributed by atoms with Gasteiger partial charge in [0.1, 0.15) is 0 Å². The first-order valence-corrected chi connectivity index (χ1v) is 31.6. The van der Waals surface area contributed by atoms with Crippen molar-refractivity contribution in [2.45, 2.75) is 91.5 Å². The minimum absolute atomic E-state index is 0.00460. The smallest absolute Gasteiger partial charge is 0.0725 e. The van der Waals surface area contributed by atoms with Crippen molar-refractivity contribution in [3.8, 4) is 66.8 Å². The van der Waals surface area contributed by atoms with Crippen molar-refractivity contribution < 1.29 is 0 Å². The van der Waals surface area contributed by atoms with E-state index in [0.29, 0.717) is 5.92 Å². The van der Waals surface area contributed by atoms with Crippen LogP contribution in [0.3, 0.4) is 0 Å². The average molecular weight is 1130 g/mol. The van der Waals surface area contributed by atoms with Crippen molar-refractivity contribution in [3.05, 3.63) is 294 Å². The van der Waals surface area contributed by atoms with Crippen LogP contribution >= 0.6 is 0 Å². The Morgan fingerprint density at radius 1 is 0.379 bits per heavy atom. The van der Waals surface area contributed by atoms with Crippen LogP contribution in [0.25, 0.3) is 88.3 Å². The molecule has 0 amide bonds. The predicted molar refractivity (Wildman–Crippen MR) is 370 cm³/mol. The van der Waals surface area contributed by atoms with Gasteiger partial charge < -0.3 is 10.6 Å². The molecule has 1 spiro atoms. The summed E-state index contributed by atoms with van der Waals surface area (Å²) in [5, 5.41) is 4.82. The van der Waals surface area contributed by atoms with Crippen molar-refractivity contribution in [1.29, 1.82) is 0 Å². The largest absolute Gasteiger partial charge is 0.327 e. The normalized spacial score (nSPS) is 15.9. The van der Waals surface area contributed by atoms with Crippen LogP contribution in [0.2, 0.25) is 0 Å². The first kappa shape index (κ1) is 54.6. The average Bonchev–Trinajstić information content (AvgIpc) is 1.54. The van der Waals surface area contributed by atoms with Gasteiger partial charge in [-0.05, 0) is 189 Å². The molecule has 2 heteroatoms. The van der Waals surface area contributed by atoms with E-state index in [4.69, 9.17) is 5.73 Å². The summed E-state index contributed by atoms with van der Waals surface area (Å²) in [4.78, 5) is 2.55. The van der Waals surface area contributed by atoms with E-state index in [9.17, 15) is 0 Å². The number of rotatable bonds is 12. The molecular weight excluding hydrogens is 1050 g/mol. The van der Waals surface area contributed by atoms with Crippen LogP contribution < -0.4 is 10.6 Å². The molecule has 0 saturated carbocycles. The number of benzene rings is 12. The summed E-state index contributed by atoms with van der Waals surface area (Å²) in [6.07, 6.45) is 1.03. The van der Waals surface area contributed by atoms with Crippen molar-refractivity contribution in [3.63, 3.8) is 0 Å². The Morgan fingerprint density at radius 3 is 1.39 bits per heavy atom. The summed E-state index contributed by atoms with van der Waals surface area (Å²) >= 11 is 0. The van der Waals surface area contributed by atoms with Gasteiger partial charge in [-0.1, -0.05) is 274 Å². The van der Waals surface area contributed by atoms with Crippen molar-refractivity contribution in [2.75, 3.05) is 4.90 Å². The molecule has 3 aliphatic carbocycles. The fourth-order valence-electron chi connectivity index (χ4n) is 15.7. The van der Waals surface area contributed by atoms with Crippen LogP contribution in [-0.4, -0.2) is 6.04 Å². The summed E-state index contributed by atoms with van der Waals surface area (Å²) in [6.45, 7) is 21.4. The molecule has 0 radical (unpaired) electrons. The van der Waals surface area contributed by atoms with Gasteiger partial charge in [0, 0.05) is 33.6 Å². The van der Waals surface area contributed by atoms with Gasteiger partial charge in [-0.15, -0.1) is 0 Å². The van der Waals surface area contributed by atoms with E-state index in [2.05, 4.69) is 322 Å². The maximum atomic E-state index is 7.02. The van der Waals surface area contributed by atoms with Crippen LogP contribution in [0.5, 0.6) is 0 Å². The quantitative estimate of drug-likeness (QED) is 0.124. The molecule has 0 heterocycles. The minimum Gasteiger partial charge on any atom is -0.327 e. The van der Waals surface area contributed by atoms with Gasteiger partial charge in [0.25, 0.3) is 0 Å². The molecule has 12 aromatic carbocycles. The van der Waals surface area contributed by atoms with E-state index in [1.54, 1.807) is 0 Å². The maximum Gasteiger partial charge on any atom is 0.0725 e. The molecule has 87 heavy (non-hydrogen) atoms. The molecule has 12 aromatic rings. The van der Waals surface area contributed by atoms with E-state index < -0.39 is 5.41 Å². The molecule has 3 aliphatic rings. The van der Waals surface area contributed by atoms with Crippen molar-refractivity contribution in [2.24, 2.45) is 22.5 Å². The second kappa shape index (κ2) is 20.3. The lowest BCUT2D eigenvalue weighted by molar-refractivity contribution is 0.138. The lowest BCUT2D eigenvalue weighted by Gasteiger charge is -2.44.